The van der Waals surface area contributed by atoms with Crippen molar-refractivity contribution in [1.29, 1.82) is 0 Å². The van der Waals surface area contributed by atoms with E-state index in [4.69, 9.17) is 14.7 Å². The molecule has 0 amide bonds. The van der Waals surface area contributed by atoms with Crippen LogP contribution in [0.15, 0.2) is 9.98 Å². The Balaban J connectivity index is 1.47. The third-order valence-electron chi connectivity index (χ3n) is 7.81. The molecule has 0 saturated heterocycles. The van der Waals surface area contributed by atoms with Crippen LogP contribution in [0.25, 0.3) is 0 Å². The molecule has 4 aliphatic rings. The van der Waals surface area contributed by atoms with Crippen molar-refractivity contribution >= 4 is 12.0 Å². The number of nitrogens with one attached hydrogen (secondary N) is 2. The Morgan fingerprint density at radius 2 is 0.774 bits per heavy atom. The van der Waals surface area contributed by atoms with Gasteiger partial charge in [-0.25, -0.2) is 9.98 Å². The predicted molar refractivity (Wildman–Crippen MR) is 130 cm³/mol. The monoisotopic (exact) mass is 430 g/mol. The van der Waals surface area contributed by atoms with E-state index in [0.29, 0.717) is 24.2 Å². The molecule has 4 fully saturated rings. The molecule has 5 heteroatoms. The number of nitrogens with zero attached hydrogens (tertiary/aromatic N) is 2. The Bertz CT molecular complexity index is 516. The highest BCUT2D eigenvalue weighted by molar-refractivity contribution is 5.89. The minimum absolute atomic E-state index is 0.408. The number of hydrogen-bond donors (Lipinski definition) is 2. The normalized spacial score (nSPS) is 26.6. The summed E-state index contributed by atoms with van der Waals surface area (Å²) in [4.78, 5) is 10.2. The summed E-state index contributed by atoms with van der Waals surface area (Å²) >= 11 is 0. The highest BCUT2D eigenvalue weighted by atomic mass is 16.5. The zero-order chi connectivity index (χ0) is 21.1. The van der Waals surface area contributed by atoms with Gasteiger partial charge in [0.1, 0.15) is 0 Å². The number of rotatable bonds is 4. The van der Waals surface area contributed by atoms with Gasteiger partial charge in [-0.1, -0.05) is 77.0 Å². The van der Waals surface area contributed by atoms with Gasteiger partial charge in [-0.3, -0.25) is 0 Å². The maximum Gasteiger partial charge on any atom is 0.293 e. The predicted octanol–water partition coefficient (Wildman–Crippen LogP) is 6.23. The molecule has 0 heterocycles. The average molecular weight is 431 g/mol. The second-order valence-electron chi connectivity index (χ2n) is 10.5. The summed E-state index contributed by atoms with van der Waals surface area (Å²) in [5.41, 5.74) is 0. The first-order valence-corrected chi connectivity index (χ1v) is 13.7. The van der Waals surface area contributed by atoms with Crippen molar-refractivity contribution in [2.45, 2.75) is 153 Å². The van der Waals surface area contributed by atoms with Crippen LogP contribution in [0.4, 0.5) is 0 Å². The molecule has 0 aromatic heterocycles. The van der Waals surface area contributed by atoms with E-state index in [9.17, 15) is 0 Å². The van der Waals surface area contributed by atoms with Crippen molar-refractivity contribution in [1.82, 2.24) is 10.6 Å². The van der Waals surface area contributed by atoms with E-state index in [2.05, 4.69) is 10.6 Å². The molecule has 0 aromatic rings. The lowest BCUT2D eigenvalue weighted by Crippen LogP contribution is -2.45. The lowest BCUT2D eigenvalue weighted by atomic mass is 9.95. The topological polar surface area (TPSA) is 58.0 Å². The van der Waals surface area contributed by atoms with Crippen molar-refractivity contribution in [3.8, 4) is 0 Å². The molecular weight excluding hydrogens is 384 g/mol. The van der Waals surface area contributed by atoms with Gasteiger partial charge >= 0.3 is 0 Å². The summed E-state index contributed by atoms with van der Waals surface area (Å²) < 4.78 is 6.54. The summed E-state index contributed by atoms with van der Waals surface area (Å²) in [6.07, 6.45) is 25.6. The van der Waals surface area contributed by atoms with E-state index in [0.717, 1.165) is 12.0 Å². The van der Waals surface area contributed by atoms with E-state index in [1.165, 1.54) is 128 Å². The Kier molecular flexibility index (Phi) is 9.38. The van der Waals surface area contributed by atoms with Gasteiger partial charge in [0, 0.05) is 12.1 Å². The molecule has 0 atom stereocenters. The fraction of sp³-hybridized carbons (Fsp3) is 0.923. The minimum atomic E-state index is 0.408. The van der Waals surface area contributed by atoms with Gasteiger partial charge in [0.05, 0.1) is 12.1 Å². The third kappa shape index (κ3) is 7.98. The molecule has 0 radical (unpaired) electrons. The van der Waals surface area contributed by atoms with Crippen molar-refractivity contribution < 1.29 is 4.74 Å². The van der Waals surface area contributed by atoms with E-state index < -0.39 is 0 Å². The van der Waals surface area contributed by atoms with Crippen LogP contribution < -0.4 is 10.6 Å². The summed E-state index contributed by atoms with van der Waals surface area (Å²) in [5, 5.41) is 7.43. The average Bonchev–Trinajstić information content (AvgIpc) is 2.82. The Morgan fingerprint density at radius 3 is 1.13 bits per heavy atom. The van der Waals surface area contributed by atoms with Gasteiger partial charge in [-0.2, -0.15) is 0 Å². The SMILES string of the molecule is C1CCC(N=C(NC2CCCCC2)OC(=NC2CCCCC2)NC2CCCCC2)CC1. The Labute approximate surface area is 190 Å². The van der Waals surface area contributed by atoms with Gasteiger partial charge in [-0.15, -0.1) is 0 Å². The zero-order valence-electron chi connectivity index (χ0n) is 19.8. The molecule has 2 N–H and O–H groups in total. The van der Waals surface area contributed by atoms with E-state index in [1.807, 2.05) is 0 Å². The lowest BCUT2D eigenvalue weighted by molar-refractivity contribution is 0.349. The summed E-state index contributed by atoms with van der Waals surface area (Å²) in [5.74, 6) is 0. The summed E-state index contributed by atoms with van der Waals surface area (Å²) in [7, 11) is 0. The lowest BCUT2D eigenvalue weighted by Gasteiger charge is -2.29. The van der Waals surface area contributed by atoms with Crippen LogP contribution >= 0.6 is 0 Å². The van der Waals surface area contributed by atoms with Crippen LogP contribution in [-0.2, 0) is 4.74 Å². The Morgan fingerprint density at radius 1 is 0.452 bits per heavy atom. The number of aliphatic imine (C=N–C) groups is 2. The number of amidine groups is 2. The van der Waals surface area contributed by atoms with E-state index in [-0.39, 0.29) is 0 Å². The van der Waals surface area contributed by atoms with Crippen molar-refractivity contribution in [2.75, 3.05) is 0 Å². The second kappa shape index (κ2) is 12.7. The Hall–Kier alpha value is -1.26. The van der Waals surface area contributed by atoms with Crippen LogP contribution in [0, 0.1) is 0 Å². The summed E-state index contributed by atoms with van der Waals surface area (Å²) in [6, 6.07) is 3.31. The van der Waals surface area contributed by atoms with Crippen molar-refractivity contribution in [3.05, 3.63) is 0 Å². The first kappa shape index (κ1) is 22.9. The third-order valence-corrected chi connectivity index (χ3v) is 7.81. The van der Waals surface area contributed by atoms with Crippen molar-refractivity contribution in [2.24, 2.45) is 9.98 Å². The fourth-order valence-corrected chi connectivity index (χ4v) is 5.87. The molecule has 5 nitrogen and oxygen atoms in total. The summed E-state index contributed by atoms with van der Waals surface area (Å²) in [6.45, 7) is 0. The molecular formula is C26H46N4O. The second-order valence-corrected chi connectivity index (χ2v) is 10.5. The van der Waals surface area contributed by atoms with Gasteiger partial charge in [0.2, 0.25) is 0 Å². The maximum absolute atomic E-state index is 6.54. The smallest absolute Gasteiger partial charge is 0.293 e. The van der Waals surface area contributed by atoms with Crippen LogP contribution in [0.3, 0.4) is 0 Å². The number of hydrogen-bond acceptors (Lipinski definition) is 3. The first-order chi connectivity index (χ1) is 15.3. The van der Waals surface area contributed by atoms with Crippen LogP contribution in [0.5, 0.6) is 0 Å². The van der Waals surface area contributed by atoms with Crippen LogP contribution in [0.2, 0.25) is 0 Å². The zero-order valence-corrected chi connectivity index (χ0v) is 19.8. The maximum atomic E-state index is 6.54. The molecule has 31 heavy (non-hydrogen) atoms. The van der Waals surface area contributed by atoms with E-state index in [1.54, 1.807) is 0 Å². The molecule has 176 valence electrons. The minimum Gasteiger partial charge on any atom is -0.392 e. The van der Waals surface area contributed by atoms with Crippen LogP contribution in [-0.4, -0.2) is 36.2 Å². The van der Waals surface area contributed by atoms with E-state index >= 15 is 0 Å². The number of ether oxygens (including phenoxy) is 1. The fourth-order valence-electron chi connectivity index (χ4n) is 5.87. The molecule has 4 saturated carbocycles. The highest BCUT2D eigenvalue weighted by Crippen LogP contribution is 2.23. The molecule has 0 aromatic carbocycles. The van der Waals surface area contributed by atoms with Gasteiger partial charge in [0.25, 0.3) is 12.0 Å². The quantitative estimate of drug-likeness (QED) is 0.411. The molecule has 0 spiro atoms. The van der Waals surface area contributed by atoms with Gasteiger partial charge in [0.15, 0.2) is 0 Å². The molecule has 4 rings (SSSR count). The molecule has 0 bridgehead atoms. The van der Waals surface area contributed by atoms with Crippen LogP contribution in [0.1, 0.15) is 128 Å². The first-order valence-electron chi connectivity index (χ1n) is 13.7. The van der Waals surface area contributed by atoms with Crippen molar-refractivity contribution in [3.63, 3.8) is 0 Å². The largest absolute Gasteiger partial charge is 0.392 e. The molecule has 4 aliphatic carbocycles. The highest BCUT2D eigenvalue weighted by Gasteiger charge is 2.23. The van der Waals surface area contributed by atoms with Gasteiger partial charge in [-0.05, 0) is 51.4 Å². The standard InChI is InChI=1S/C26H46N4O/c1-5-13-21(14-6-1)27-25(28-22-15-7-2-8-16-22)31-26(29-23-17-9-3-10-18-23)30-24-19-11-4-12-20-24/h21-24H,1-20H2,(H,27,28)(H,29,30). The van der Waals surface area contributed by atoms with Gasteiger partial charge < -0.3 is 15.4 Å². The molecule has 0 aliphatic heterocycles. The molecule has 0 unspecified atom stereocenters.